The fourth-order valence-electron chi connectivity index (χ4n) is 2.21. The van der Waals surface area contributed by atoms with E-state index >= 15 is 0 Å². The third-order valence-corrected chi connectivity index (χ3v) is 5.70. The predicted octanol–water partition coefficient (Wildman–Crippen LogP) is 2.53. The van der Waals surface area contributed by atoms with Crippen LogP contribution in [-0.4, -0.2) is 25.3 Å². The van der Waals surface area contributed by atoms with Crippen LogP contribution in [-0.2, 0) is 10.0 Å². The Bertz CT molecular complexity index is 551. The van der Waals surface area contributed by atoms with E-state index in [0.29, 0.717) is 22.7 Å². The van der Waals surface area contributed by atoms with Crippen LogP contribution in [0.25, 0.3) is 0 Å². The normalized spacial score (nSPS) is 15.9. The average molecular weight is 282 g/mol. The van der Waals surface area contributed by atoms with Gasteiger partial charge >= 0.3 is 0 Å². The highest BCUT2D eigenvalue weighted by Gasteiger charge is 2.38. The number of hydrogen-bond donors (Lipinski definition) is 1. The molecule has 1 aromatic rings. The zero-order chi connectivity index (χ0) is 14.0. The van der Waals surface area contributed by atoms with Gasteiger partial charge in [0.2, 0.25) is 10.0 Å². The van der Waals surface area contributed by atoms with Crippen LogP contribution < -0.4 is 5.73 Å². The predicted molar refractivity (Wildman–Crippen MR) is 77.4 cm³/mol. The highest BCUT2D eigenvalue weighted by atomic mass is 32.2. The Morgan fingerprint density at radius 2 is 2.05 bits per heavy atom. The molecule has 0 aromatic heterocycles. The van der Waals surface area contributed by atoms with Gasteiger partial charge in [0.15, 0.2) is 0 Å². The summed E-state index contributed by atoms with van der Waals surface area (Å²) in [5.74, 6) is 0. The van der Waals surface area contributed by atoms with Crippen LogP contribution in [0.3, 0.4) is 0 Å². The molecule has 0 atom stereocenters. The zero-order valence-electron chi connectivity index (χ0n) is 11.6. The van der Waals surface area contributed by atoms with Gasteiger partial charge in [-0.2, -0.15) is 4.31 Å². The lowest BCUT2D eigenvalue weighted by Crippen LogP contribution is -2.34. The van der Waals surface area contributed by atoms with Gasteiger partial charge < -0.3 is 5.73 Å². The van der Waals surface area contributed by atoms with E-state index in [1.54, 1.807) is 29.4 Å². The molecule has 0 unspecified atom stereocenters. The molecule has 4 nitrogen and oxygen atoms in total. The maximum Gasteiger partial charge on any atom is 0.243 e. The third kappa shape index (κ3) is 2.92. The van der Waals surface area contributed by atoms with E-state index in [2.05, 4.69) is 6.92 Å². The van der Waals surface area contributed by atoms with Gasteiger partial charge in [-0.15, -0.1) is 0 Å². The fourth-order valence-corrected chi connectivity index (χ4v) is 4.19. The summed E-state index contributed by atoms with van der Waals surface area (Å²) in [6.45, 7) is 4.45. The molecule has 1 fully saturated rings. The first-order valence-electron chi connectivity index (χ1n) is 6.85. The molecule has 0 aliphatic heterocycles. The molecule has 0 heterocycles. The van der Waals surface area contributed by atoms with Crippen LogP contribution in [0, 0.1) is 6.92 Å². The van der Waals surface area contributed by atoms with Crippen molar-refractivity contribution < 1.29 is 8.42 Å². The summed E-state index contributed by atoms with van der Waals surface area (Å²) in [7, 11) is -3.41. The maximum atomic E-state index is 12.8. The van der Waals surface area contributed by atoms with E-state index < -0.39 is 10.0 Å². The Labute approximate surface area is 115 Å². The monoisotopic (exact) mass is 282 g/mol. The highest BCUT2D eigenvalue weighted by molar-refractivity contribution is 7.89. The lowest BCUT2D eigenvalue weighted by atomic mass is 10.2. The van der Waals surface area contributed by atoms with Crippen LogP contribution in [0.2, 0.25) is 0 Å². The number of unbranched alkanes of at least 4 members (excludes halogenated alkanes) is 1. The summed E-state index contributed by atoms with van der Waals surface area (Å²) in [4.78, 5) is 0.357. The second-order valence-electron chi connectivity index (χ2n) is 5.17. The number of rotatable bonds is 6. The summed E-state index contributed by atoms with van der Waals surface area (Å²) in [6.07, 6.45) is 3.85. The van der Waals surface area contributed by atoms with Crippen molar-refractivity contribution in [2.24, 2.45) is 0 Å². The first-order valence-corrected chi connectivity index (χ1v) is 8.29. The summed E-state index contributed by atoms with van der Waals surface area (Å²) < 4.78 is 27.2. The van der Waals surface area contributed by atoms with Gasteiger partial charge in [0.1, 0.15) is 0 Å². The number of hydrogen-bond acceptors (Lipinski definition) is 3. The highest BCUT2D eigenvalue weighted by Crippen LogP contribution is 2.34. The molecule has 106 valence electrons. The number of anilines is 1. The molecule has 0 saturated heterocycles. The Morgan fingerprint density at radius 1 is 1.37 bits per heavy atom. The second-order valence-corrected chi connectivity index (χ2v) is 7.03. The van der Waals surface area contributed by atoms with Crippen molar-refractivity contribution in [3.63, 3.8) is 0 Å². The quantitative estimate of drug-likeness (QED) is 0.815. The largest absolute Gasteiger partial charge is 0.398 e. The van der Waals surface area contributed by atoms with Gasteiger partial charge in [0, 0.05) is 18.3 Å². The molecule has 1 saturated carbocycles. The first-order chi connectivity index (χ1) is 8.98. The van der Waals surface area contributed by atoms with E-state index in [9.17, 15) is 8.42 Å². The number of nitrogen functional groups attached to an aromatic ring is 1. The summed E-state index contributed by atoms with van der Waals surface area (Å²) in [5.41, 5.74) is 7.02. The van der Waals surface area contributed by atoms with Crippen LogP contribution >= 0.6 is 0 Å². The number of nitrogens with zero attached hydrogens (tertiary/aromatic N) is 1. The molecule has 5 heteroatoms. The molecule has 2 N–H and O–H groups in total. The van der Waals surface area contributed by atoms with Crippen molar-refractivity contribution in [1.82, 2.24) is 4.31 Å². The Hall–Kier alpha value is -1.07. The molecule has 1 aliphatic rings. The summed E-state index contributed by atoms with van der Waals surface area (Å²) in [6, 6.07) is 5.29. The molecule has 19 heavy (non-hydrogen) atoms. The lowest BCUT2D eigenvalue weighted by molar-refractivity contribution is 0.395. The summed E-state index contributed by atoms with van der Waals surface area (Å²) >= 11 is 0. The van der Waals surface area contributed by atoms with E-state index in [4.69, 9.17) is 5.73 Å². The van der Waals surface area contributed by atoms with Gasteiger partial charge in [-0.3, -0.25) is 0 Å². The topological polar surface area (TPSA) is 63.4 Å². The molecular weight excluding hydrogens is 260 g/mol. The Kier molecular flexibility index (Phi) is 4.16. The molecular formula is C14H22N2O2S. The maximum absolute atomic E-state index is 12.8. The van der Waals surface area contributed by atoms with Crippen molar-refractivity contribution in [3.05, 3.63) is 23.8 Å². The average Bonchev–Trinajstić information content (AvgIpc) is 3.17. The standard InChI is InChI=1S/C14H22N2O2S/c1-3-4-10-16(12-8-9-12)19(17,18)14-7-5-6-13(15)11(14)2/h5-7,12H,3-4,8-10,15H2,1-2H3. The van der Waals surface area contributed by atoms with Crippen molar-refractivity contribution in [1.29, 1.82) is 0 Å². The van der Waals surface area contributed by atoms with E-state index in [-0.39, 0.29) is 6.04 Å². The van der Waals surface area contributed by atoms with Crippen LogP contribution in [0.5, 0.6) is 0 Å². The fraction of sp³-hybridized carbons (Fsp3) is 0.571. The molecule has 1 aromatic carbocycles. The molecule has 0 bridgehead atoms. The van der Waals surface area contributed by atoms with Crippen molar-refractivity contribution in [2.45, 2.75) is 50.5 Å². The molecule has 0 amide bonds. The van der Waals surface area contributed by atoms with Crippen LogP contribution in [0.15, 0.2) is 23.1 Å². The minimum absolute atomic E-state index is 0.192. The second kappa shape index (κ2) is 5.51. The van der Waals surface area contributed by atoms with Gasteiger partial charge in [0.05, 0.1) is 4.90 Å². The van der Waals surface area contributed by atoms with Gasteiger partial charge in [-0.25, -0.2) is 8.42 Å². The third-order valence-electron chi connectivity index (χ3n) is 3.60. The Balaban J connectivity index is 2.36. The Morgan fingerprint density at radius 3 is 2.63 bits per heavy atom. The van der Waals surface area contributed by atoms with E-state index in [1.807, 2.05) is 0 Å². The lowest BCUT2D eigenvalue weighted by Gasteiger charge is -2.23. The summed E-state index contributed by atoms with van der Waals surface area (Å²) in [5, 5.41) is 0. The van der Waals surface area contributed by atoms with Crippen LogP contribution in [0.4, 0.5) is 5.69 Å². The van der Waals surface area contributed by atoms with Gasteiger partial charge in [-0.05, 0) is 43.9 Å². The SMILES string of the molecule is CCCCN(C1CC1)S(=O)(=O)c1cccc(N)c1C. The smallest absolute Gasteiger partial charge is 0.243 e. The minimum Gasteiger partial charge on any atom is -0.398 e. The van der Waals surface area contributed by atoms with E-state index in [1.165, 1.54) is 0 Å². The van der Waals surface area contributed by atoms with Gasteiger partial charge in [-0.1, -0.05) is 19.4 Å². The van der Waals surface area contributed by atoms with E-state index in [0.717, 1.165) is 25.7 Å². The first kappa shape index (κ1) is 14.3. The number of sulfonamides is 1. The number of nitrogens with two attached hydrogens (primary N) is 1. The molecule has 1 aliphatic carbocycles. The molecule has 0 spiro atoms. The van der Waals surface area contributed by atoms with Crippen molar-refractivity contribution in [3.8, 4) is 0 Å². The molecule has 0 radical (unpaired) electrons. The minimum atomic E-state index is -3.41. The van der Waals surface area contributed by atoms with Gasteiger partial charge in [0.25, 0.3) is 0 Å². The van der Waals surface area contributed by atoms with Crippen LogP contribution in [0.1, 0.15) is 38.2 Å². The van der Waals surface area contributed by atoms with Crippen molar-refractivity contribution in [2.75, 3.05) is 12.3 Å². The molecule has 2 rings (SSSR count). The number of benzene rings is 1. The van der Waals surface area contributed by atoms with Crippen molar-refractivity contribution >= 4 is 15.7 Å². The zero-order valence-corrected chi connectivity index (χ0v) is 12.4.